The van der Waals surface area contributed by atoms with Crippen LogP contribution in [0.1, 0.15) is 29.6 Å². The first kappa shape index (κ1) is 24.3. The lowest BCUT2D eigenvalue weighted by atomic mass is 10.1. The van der Waals surface area contributed by atoms with Crippen molar-refractivity contribution in [3.8, 4) is 11.5 Å². The molecular formula is C25H29FN2O5. The minimum absolute atomic E-state index is 0.182. The molecule has 0 saturated carbocycles. The van der Waals surface area contributed by atoms with Crippen molar-refractivity contribution in [3.05, 3.63) is 83.1 Å². The van der Waals surface area contributed by atoms with Gasteiger partial charge in [-0.3, -0.25) is 9.69 Å². The molecule has 8 heteroatoms. The van der Waals surface area contributed by atoms with Gasteiger partial charge in [0.25, 0.3) is 0 Å². The van der Waals surface area contributed by atoms with Gasteiger partial charge in [0.1, 0.15) is 30.6 Å². The number of methoxy groups -OCH3 is 1. The number of aliphatic hydroxyl groups excluding tert-OH is 1. The first-order valence-corrected chi connectivity index (χ1v) is 10.7. The molecule has 3 N–H and O–H groups in total. The van der Waals surface area contributed by atoms with E-state index >= 15 is 0 Å². The lowest BCUT2D eigenvalue weighted by molar-refractivity contribution is -0.122. The Bertz CT molecular complexity index is 1070. The van der Waals surface area contributed by atoms with Gasteiger partial charge in [0, 0.05) is 6.54 Å². The molecule has 0 fully saturated rings. The van der Waals surface area contributed by atoms with Gasteiger partial charge >= 0.3 is 0 Å². The molecule has 1 amide bonds. The monoisotopic (exact) mass is 456 g/mol. The third kappa shape index (κ3) is 6.81. The Labute approximate surface area is 192 Å². The highest BCUT2D eigenvalue weighted by Crippen LogP contribution is 2.29. The number of hydrogen-bond donors (Lipinski definition) is 2. The molecule has 3 rings (SSSR count). The summed E-state index contributed by atoms with van der Waals surface area (Å²) in [6.07, 6.45) is 0.631. The summed E-state index contributed by atoms with van der Waals surface area (Å²) < 4.78 is 30.2. The van der Waals surface area contributed by atoms with Crippen molar-refractivity contribution in [1.82, 2.24) is 4.90 Å². The number of carbonyl (C=O) groups is 1. The highest BCUT2D eigenvalue weighted by atomic mass is 19.1. The maximum atomic E-state index is 13.4. The van der Waals surface area contributed by atoms with Crippen molar-refractivity contribution in [2.75, 3.05) is 13.7 Å². The fourth-order valence-corrected chi connectivity index (χ4v) is 3.43. The Morgan fingerprint density at radius 3 is 2.58 bits per heavy atom. The molecule has 3 aromatic rings. The summed E-state index contributed by atoms with van der Waals surface area (Å²) in [6, 6.07) is 14.9. The van der Waals surface area contributed by atoms with E-state index in [1.807, 2.05) is 23.1 Å². The Kier molecular flexibility index (Phi) is 8.46. The van der Waals surface area contributed by atoms with E-state index in [0.717, 1.165) is 11.1 Å². The molecule has 0 saturated heterocycles. The molecule has 1 heterocycles. The summed E-state index contributed by atoms with van der Waals surface area (Å²) in [7, 11) is 1.56. The first-order valence-electron chi connectivity index (χ1n) is 10.7. The van der Waals surface area contributed by atoms with E-state index in [1.165, 1.54) is 12.1 Å². The van der Waals surface area contributed by atoms with Crippen LogP contribution in [-0.4, -0.2) is 35.6 Å². The molecule has 1 aromatic heterocycles. The van der Waals surface area contributed by atoms with Crippen LogP contribution in [0.5, 0.6) is 11.5 Å². The van der Waals surface area contributed by atoms with Crippen LogP contribution < -0.4 is 15.2 Å². The number of benzene rings is 2. The zero-order valence-corrected chi connectivity index (χ0v) is 18.8. The van der Waals surface area contributed by atoms with E-state index in [1.54, 1.807) is 38.3 Å². The topological polar surface area (TPSA) is 98.2 Å². The third-order valence-corrected chi connectivity index (χ3v) is 5.39. The van der Waals surface area contributed by atoms with Gasteiger partial charge in [0.15, 0.2) is 11.5 Å². The molecule has 0 aliphatic rings. The molecule has 176 valence electrons. The largest absolute Gasteiger partial charge is 0.493 e. The summed E-state index contributed by atoms with van der Waals surface area (Å²) in [5, 5.41) is 9.20. The Morgan fingerprint density at radius 1 is 1.12 bits per heavy atom. The molecular weight excluding hydrogens is 427 g/mol. The fourth-order valence-electron chi connectivity index (χ4n) is 3.43. The van der Waals surface area contributed by atoms with Gasteiger partial charge in [0.05, 0.1) is 19.7 Å². The molecule has 0 spiro atoms. The zero-order valence-electron chi connectivity index (χ0n) is 18.8. The standard InChI is InChI=1S/C25H29FN2O5/c1-17(25(27)30)28(14-21-7-8-22(15-29)33-21)11-10-18-6-9-23(24(13-18)31-2)32-16-19-4-3-5-20(26)12-19/h3-9,12-13,17,29H,10-11,14-16H2,1-2H3,(H2,27,30). The minimum Gasteiger partial charge on any atom is -0.493 e. The Morgan fingerprint density at radius 2 is 1.91 bits per heavy atom. The summed E-state index contributed by atoms with van der Waals surface area (Å²) in [6.45, 7) is 2.72. The van der Waals surface area contributed by atoms with E-state index in [0.29, 0.717) is 42.5 Å². The average Bonchev–Trinajstić information content (AvgIpc) is 3.27. The van der Waals surface area contributed by atoms with Crippen LogP contribution in [0.25, 0.3) is 0 Å². The smallest absolute Gasteiger partial charge is 0.234 e. The number of nitrogens with zero attached hydrogens (tertiary/aromatic N) is 1. The van der Waals surface area contributed by atoms with Crippen LogP contribution >= 0.6 is 0 Å². The highest BCUT2D eigenvalue weighted by molar-refractivity contribution is 5.79. The second-order valence-electron chi connectivity index (χ2n) is 7.73. The summed E-state index contributed by atoms with van der Waals surface area (Å²) in [5.74, 6) is 1.50. The summed E-state index contributed by atoms with van der Waals surface area (Å²) in [5.41, 5.74) is 7.25. The predicted octanol–water partition coefficient (Wildman–Crippen LogP) is 3.42. The van der Waals surface area contributed by atoms with E-state index in [4.69, 9.17) is 19.6 Å². The van der Waals surface area contributed by atoms with Gasteiger partial charge in [-0.1, -0.05) is 18.2 Å². The molecule has 0 radical (unpaired) electrons. The van der Waals surface area contributed by atoms with E-state index in [2.05, 4.69) is 0 Å². The van der Waals surface area contributed by atoms with Crippen molar-refractivity contribution < 1.29 is 28.2 Å². The molecule has 1 unspecified atom stereocenters. The van der Waals surface area contributed by atoms with Crippen LogP contribution in [0.4, 0.5) is 4.39 Å². The molecule has 2 aromatic carbocycles. The zero-order chi connectivity index (χ0) is 23.8. The normalized spacial score (nSPS) is 12.0. The van der Waals surface area contributed by atoms with Gasteiger partial charge < -0.3 is 24.7 Å². The number of aliphatic hydroxyl groups is 1. The molecule has 0 aliphatic heterocycles. The molecule has 7 nitrogen and oxygen atoms in total. The second kappa shape index (κ2) is 11.5. The number of rotatable bonds is 12. The van der Waals surface area contributed by atoms with Crippen molar-refractivity contribution in [2.24, 2.45) is 5.73 Å². The lowest BCUT2D eigenvalue weighted by Crippen LogP contribution is -2.43. The van der Waals surface area contributed by atoms with Gasteiger partial charge in [0.2, 0.25) is 5.91 Å². The third-order valence-electron chi connectivity index (χ3n) is 5.39. The number of halogens is 1. The summed E-state index contributed by atoms with van der Waals surface area (Å²) >= 11 is 0. The number of furan rings is 1. The second-order valence-corrected chi connectivity index (χ2v) is 7.73. The molecule has 33 heavy (non-hydrogen) atoms. The molecule has 0 bridgehead atoms. The summed E-state index contributed by atoms with van der Waals surface area (Å²) in [4.78, 5) is 13.7. The van der Waals surface area contributed by atoms with Gasteiger partial charge in [-0.05, 0) is 60.9 Å². The fraction of sp³-hybridized carbons (Fsp3) is 0.320. The van der Waals surface area contributed by atoms with Crippen LogP contribution in [0, 0.1) is 5.82 Å². The number of primary amides is 1. The SMILES string of the molecule is COc1cc(CCN(Cc2ccc(CO)o2)C(C)C(N)=O)ccc1OCc1cccc(F)c1. The highest BCUT2D eigenvalue weighted by Gasteiger charge is 2.20. The quantitative estimate of drug-likeness (QED) is 0.433. The molecule has 0 aliphatic carbocycles. The molecule has 1 atom stereocenters. The van der Waals surface area contributed by atoms with Crippen LogP contribution in [0.2, 0.25) is 0 Å². The number of carbonyl (C=O) groups excluding carboxylic acids is 1. The average molecular weight is 457 g/mol. The number of hydrogen-bond acceptors (Lipinski definition) is 6. The van der Waals surface area contributed by atoms with E-state index in [9.17, 15) is 14.3 Å². The number of amides is 1. The number of ether oxygens (including phenoxy) is 2. The van der Waals surface area contributed by atoms with Crippen molar-refractivity contribution in [3.63, 3.8) is 0 Å². The predicted molar refractivity (Wildman–Crippen MR) is 121 cm³/mol. The van der Waals surface area contributed by atoms with E-state index in [-0.39, 0.29) is 19.0 Å². The van der Waals surface area contributed by atoms with E-state index < -0.39 is 11.9 Å². The van der Waals surface area contributed by atoms with Gasteiger partial charge in [-0.15, -0.1) is 0 Å². The Hall–Kier alpha value is -3.36. The van der Waals surface area contributed by atoms with Crippen LogP contribution in [-0.2, 0) is 31.0 Å². The maximum Gasteiger partial charge on any atom is 0.234 e. The first-order chi connectivity index (χ1) is 15.9. The number of nitrogens with two attached hydrogens (primary N) is 1. The maximum absolute atomic E-state index is 13.4. The Balaban J connectivity index is 1.66. The minimum atomic E-state index is -0.497. The van der Waals surface area contributed by atoms with Crippen molar-refractivity contribution in [1.29, 1.82) is 0 Å². The van der Waals surface area contributed by atoms with Crippen molar-refractivity contribution in [2.45, 2.75) is 39.1 Å². The van der Waals surface area contributed by atoms with Gasteiger partial charge in [-0.25, -0.2) is 4.39 Å². The van der Waals surface area contributed by atoms with Crippen LogP contribution in [0.15, 0.2) is 59.0 Å². The van der Waals surface area contributed by atoms with Crippen molar-refractivity contribution >= 4 is 5.91 Å². The van der Waals surface area contributed by atoms with Gasteiger partial charge in [-0.2, -0.15) is 0 Å². The van der Waals surface area contributed by atoms with Crippen LogP contribution in [0.3, 0.4) is 0 Å². The lowest BCUT2D eigenvalue weighted by Gasteiger charge is -2.26.